The first-order valence-electron chi connectivity index (χ1n) is 7.70. The van der Waals surface area contributed by atoms with Gasteiger partial charge in [-0.15, -0.1) is 0 Å². The minimum Gasteiger partial charge on any atom is -0.368 e. The van der Waals surface area contributed by atoms with Crippen LogP contribution in [0.2, 0.25) is 10.0 Å². The molecule has 7 heteroatoms. The zero-order chi connectivity index (χ0) is 16.6. The van der Waals surface area contributed by atoms with Crippen molar-refractivity contribution in [3.05, 3.63) is 28.2 Å². The molecule has 0 unspecified atom stereocenters. The summed E-state index contributed by atoms with van der Waals surface area (Å²) in [7, 11) is 0. The highest BCUT2D eigenvalue weighted by molar-refractivity contribution is 6.42. The second kappa shape index (κ2) is 6.57. The van der Waals surface area contributed by atoms with Gasteiger partial charge >= 0.3 is 0 Å². The van der Waals surface area contributed by atoms with Gasteiger partial charge in [-0.1, -0.05) is 23.2 Å². The van der Waals surface area contributed by atoms with E-state index in [1.165, 1.54) is 6.92 Å². The van der Waals surface area contributed by atoms with E-state index in [1.54, 1.807) is 11.0 Å². The molecule has 124 valence electrons. The molecule has 0 bridgehead atoms. The van der Waals surface area contributed by atoms with Crippen molar-refractivity contribution in [2.75, 3.05) is 44.2 Å². The molecule has 0 N–H and O–H groups in total. The summed E-state index contributed by atoms with van der Waals surface area (Å²) in [5.41, 5.74) is 1.03. The van der Waals surface area contributed by atoms with Gasteiger partial charge in [-0.3, -0.25) is 9.59 Å². The largest absolute Gasteiger partial charge is 0.368 e. The fourth-order valence-electron chi connectivity index (χ4n) is 3.02. The van der Waals surface area contributed by atoms with Crippen molar-refractivity contribution in [2.24, 2.45) is 5.92 Å². The molecule has 0 aromatic heterocycles. The number of halogens is 2. The van der Waals surface area contributed by atoms with E-state index in [2.05, 4.69) is 4.90 Å². The Morgan fingerprint density at radius 1 is 1.00 bits per heavy atom. The molecule has 1 aromatic rings. The number of likely N-dealkylation sites (tertiary alicyclic amines) is 1. The topological polar surface area (TPSA) is 43.9 Å². The zero-order valence-corrected chi connectivity index (χ0v) is 14.5. The average molecular weight is 356 g/mol. The highest BCUT2D eigenvalue weighted by Crippen LogP contribution is 2.28. The molecule has 2 aliphatic heterocycles. The number of nitrogens with zero attached hydrogens (tertiary/aromatic N) is 3. The molecule has 2 aliphatic rings. The SMILES string of the molecule is CC(=O)N1CC(C(=O)N2CCN(c3ccc(Cl)c(Cl)c3)CC2)C1. The number of carbonyl (C=O) groups is 2. The fourth-order valence-corrected chi connectivity index (χ4v) is 3.31. The van der Waals surface area contributed by atoms with E-state index in [0.29, 0.717) is 36.2 Å². The van der Waals surface area contributed by atoms with Gasteiger partial charge in [-0.05, 0) is 18.2 Å². The molecular weight excluding hydrogens is 337 g/mol. The molecule has 23 heavy (non-hydrogen) atoms. The van der Waals surface area contributed by atoms with Gasteiger partial charge < -0.3 is 14.7 Å². The lowest BCUT2D eigenvalue weighted by Crippen LogP contribution is -2.58. The van der Waals surface area contributed by atoms with Crippen molar-refractivity contribution in [1.29, 1.82) is 0 Å². The van der Waals surface area contributed by atoms with E-state index < -0.39 is 0 Å². The van der Waals surface area contributed by atoms with Gasteiger partial charge in [0.15, 0.2) is 0 Å². The molecule has 2 fully saturated rings. The van der Waals surface area contributed by atoms with Crippen LogP contribution in [0.4, 0.5) is 5.69 Å². The van der Waals surface area contributed by atoms with E-state index in [4.69, 9.17) is 23.2 Å². The second-order valence-corrected chi connectivity index (χ2v) is 6.85. The molecule has 0 radical (unpaired) electrons. The zero-order valence-electron chi connectivity index (χ0n) is 13.0. The first-order valence-corrected chi connectivity index (χ1v) is 8.45. The number of anilines is 1. The number of hydrogen-bond donors (Lipinski definition) is 0. The molecule has 2 heterocycles. The molecule has 0 aliphatic carbocycles. The van der Waals surface area contributed by atoms with E-state index in [-0.39, 0.29) is 17.7 Å². The van der Waals surface area contributed by atoms with Crippen LogP contribution < -0.4 is 4.90 Å². The third-order valence-electron chi connectivity index (χ3n) is 4.54. The van der Waals surface area contributed by atoms with Gasteiger partial charge in [0.05, 0.1) is 16.0 Å². The van der Waals surface area contributed by atoms with Crippen LogP contribution in [-0.4, -0.2) is 60.9 Å². The maximum Gasteiger partial charge on any atom is 0.229 e. The van der Waals surface area contributed by atoms with Crippen molar-refractivity contribution < 1.29 is 9.59 Å². The maximum absolute atomic E-state index is 12.4. The minimum absolute atomic E-state index is 0.0320. The summed E-state index contributed by atoms with van der Waals surface area (Å²) in [6, 6.07) is 5.60. The number of benzene rings is 1. The van der Waals surface area contributed by atoms with Crippen LogP contribution in [0.25, 0.3) is 0 Å². The van der Waals surface area contributed by atoms with Gasteiger partial charge in [-0.25, -0.2) is 0 Å². The van der Waals surface area contributed by atoms with Gasteiger partial charge in [0.25, 0.3) is 0 Å². The summed E-state index contributed by atoms with van der Waals surface area (Å²) < 4.78 is 0. The quantitative estimate of drug-likeness (QED) is 0.816. The van der Waals surface area contributed by atoms with Crippen molar-refractivity contribution in [1.82, 2.24) is 9.80 Å². The monoisotopic (exact) mass is 355 g/mol. The minimum atomic E-state index is -0.0320. The lowest BCUT2D eigenvalue weighted by atomic mass is 9.98. The fraction of sp³-hybridized carbons (Fsp3) is 0.500. The van der Waals surface area contributed by atoms with E-state index in [1.807, 2.05) is 17.0 Å². The summed E-state index contributed by atoms with van der Waals surface area (Å²) in [5, 5.41) is 1.09. The lowest BCUT2D eigenvalue weighted by Gasteiger charge is -2.42. The smallest absolute Gasteiger partial charge is 0.229 e. The van der Waals surface area contributed by atoms with Crippen molar-refractivity contribution in [2.45, 2.75) is 6.92 Å². The maximum atomic E-state index is 12.4. The Hall–Kier alpha value is -1.46. The van der Waals surface area contributed by atoms with Crippen molar-refractivity contribution in [3.63, 3.8) is 0 Å². The lowest BCUT2D eigenvalue weighted by molar-refractivity contribution is -0.147. The molecule has 3 rings (SSSR count). The summed E-state index contributed by atoms with van der Waals surface area (Å²) in [4.78, 5) is 29.4. The normalized spacial score (nSPS) is 18.8. The van der Waals surface area contributed by atoms with Crippen molar-refractivity contribution in [3.8, 4) is 0 Å². The van der Waals surface area contributed by atoms with Crippen molar-refractivity contribution >= 4 is 40.7 Å². The highest BCUT2D eigenvalue weighted by atomic mass is 35.5. The molecule has 2 saturated heterocycles. The predicted octanol–water partition coefficient (Wildman–Crippen LogP) is 2.12. The van der Waals surface area contributed by atoms with Gasteiger partial charge in [0.2, 0.25) is 11.8 Å². The number of rotatable bonds is 2. The van der Waals surface area contributed by atoms with E-state index in [9.17, 15) is 9.59 Å². The summed E-state index contributed by atoms with van der Waals surface area (Å²) in [6.45, 7) is 5.57. The molecule has 0 atom stereocenters. The van der Waals surface area contributed by atoms with E-state index >= 15 is 0 Å². The Kier molecular flexibility index (Phi) is 4.69. The summed E-state index contributed by atoms with van der Waals surface area (Å²) in [5.74, 6) is 0.171. The van der Waals surface area contributed by atoms with E-state index in [0.717, 1.165) is 18.8 Å². The first kappa shape index (κ1) is 16.4. The molecular formula is C16H19Cl2N3O2. The first-order chi connectivity index (χ1) is 11.0. The predicted molar refractivity (Wildman–Crippen MR) is 91.0 cm³/mol. The standard InChI is InChI=1S/C16H19Cl2N3O2/c1-11(22)21-9-12(10-21)16(23)20-6-4-19(5-7-20)13-2-3-14(17)15(18)8-13/h2-3,8,12H,4-7,9-10H2,1H3. The number of hydrogen-bond acceptors (Lipinski definition) is 3. The van der Waals surface area contributed by atoms with Gasteiger partial charge in [0.1, 0.15) is 0 Å². The molecule has 5 nitrogen and oxygen atoms in total. The molecule has 1 aromatic carbocycles. The van der Waals surface area contributed by atoms with Gasteiger partial charge in [-0.2, -0.15) is 0 Å². The van der Waals surface area contributed by atoms with Crippen LogP contribution in [0.5, 0.6) is 0 Å². The Balaban J connectivity index is 1.53. The Bertz CT molecular complexity index is 624. The van der Waals surface area contributed by atoms with Crippen LogP contribution in [0.3, 0.4) is 0 Å². The van der Waals surface area contributed by atoms with Gasteiger partial charge in [0, 0.05) is 51.9 Å². The highest BCUT2D eigenvalue weighted by Gasteiger charge is 2.37. The van der Waals surface area contributed by atoms with Crippen LogP contribution in [-0.2, 0) is 9.59 Å². The molecule has 2 amide bonds. The summed E-state index contributed by atoms with van der Waals surface area (Å²) >= 11 is 12.0. The molecule has 0 saturated carbocycles. The number of carbonyl (C=O) groups excluding carboxylic acids is 2. The van der Waals surface area contributed by atoms with Crippen LogP contribution >= 0.6 is 23.2 Å². The molecule has 0 spiro atoms. The Morgan fingerprint density at radius 2 is 1.65 bits per heavy atom. The Labute approximate surface area is 145 Å². The second-order valence-electron chi connectivity index (χ2n) is 6.03. The average Bonchev–Trinajstić information content (AvgIpc) is 2.48. The summed E-state index contributed by atoms with van der Waals surface area (Å²) in [6.07, 6.45) is 0. The Morgan fingerprint density at radius 3 is 2.22 bits per heavy atom. The number of amides is 2. The third kappa shape index (κ3) is 3.40. The number of piperazine rings is 1. The third-order valence-corrected chi connectivity index (χ3v) is 5.27. The van der Waals surface area contributed by atoms with Crippen LogP contribution in [0.1, 0.15) is 6.92 Å². The van der Waals surface area contributed by atoms with Crippen LogP contribution in [0.15, 0.2) is 18.2 Å². The van der Waals surface area contributed by atoms with Crippen LogP contribution in [0, 0.1) is 5.92 Å².